The van der Waals surface area contributed by atoms with Gasteiger partial charge < -0.3 is 14.8 Å². The van der Waals surface area contributed by atoms with Crippen LogP contribution in [0.25, 0.3) is 0 Å². The van der Waals surface area contributed by atoms with Gasteiger partial charge >= 0.3 is 0 Å². The van der Waals surface area contributed by atoms with Crippen molar-refractivity contribution in [3.05, 3.63) is 24.0 Å². The number of aromatic nitrogens is 4. The Morgan fingerprint density at radius 3 is 2.60 bits per heavy atom. The van der Waals surface area contributed by atoms with E-state index in [0.717, 1.165) is 0 Å². The molecular formula is C17H23N5O3. The summed E-state index contributed by atoms with van der Waals surface area (Å²) in [5.41, 5.74) is 0.366. The largest absolute Gasteiger partial charge is 0.449 e. The molecule has 25 heavy (non-hydrogen) atoms. The third-order valence-corrected chi connectivity index (χ3v) is 3.83. The lowest BCUT2D eigenvalue weighted by molar-refractivity contribution is -0.119. The van der Waals surface area contributed by atoms with E-state index >= 15 is 0 Å². The van der Waals surface area contributed by atoms with E-state index in [9.17, 15) is 4.79 Å². The van der Waals surface area contributed by atoms with E-state index in [0.29, 0.717) is 23.0 Å². The van der Waals surface area contributed by atoms with Crippen molar-refractivity contribution in [2.24, 2.45) is 0 Å². The lowest BCUT2D eigenvalue weighted by atomic mass is 9.95. The molecule has 8 nitrogen and oxygen atoms in total. The first-order chi connectivity index (χ1) is 11.6. The van der Waals surface area contributed by atoms with Gasteiger partial charge in [0.1, 0.15) is 6.04 Å². The van der Waals surface area contributed by atoms with Gasteiger partial charge in [-0.1, -0.05) is 20.8 Å². The molecule has 0 spiro atoms. The highest BCUT2D eigenvalue weighted by Crippen LogP contribution is 2.40. The Hall–Kier alpha value is -2.64. The predicted octanol–water partition coefficient (Wildman–Crippen LogP) is 2.68. The lowest BCUT2D eigenvalue weighted by Crippen LogP contribution is -2.29. The van der Waals surface area contributed by atoms with Gasteiger partial charge in [0.25, 0.3) is 0 Å². The van der Waals surface area contributed by atoms with E-state index in [-0.39, 0.29) is 11.3 Å². The van der Waals surface area contributed by atoms with E-state index < -0.39 is 11.8 Å². The van der Waals surface area contributed by atoms with Gasteiger partial charge in [-0.2, -0.15) is 0 Å². The van der Waals surface area contributed by atoms with Crippen LogP contribution in [0.2, 0.25) is 0 Å². The van der Waals surface area contributed by atoms with Crippen molar-refractivity contribution in [2.75, 3.05) is 5.32 Å². The number of rotatable bonds is 3. The second-order valence-electron chi connectivity index (χ2n) is 7.63. The van der Waals surface area contributed by atoms with Crippen molar-refractivity contribution in [2.45, 2.75) is 58.8 Å². The van der Waals surface area contributed by atoms with Crippen molar-refractivity contribution < 1.29 is 14.3 Å². The number of benzene rings is 1. The molecule has 0 saturated heterocycles. The number of tetrazole rings is 1. The zero-order valence-electron chi connectivity index (χ0n) is 15.3. The smallest absolute Gasteiger partial charge is 0.249 e. The fourth-order valence-electron chi connectivity index (χ4n) is 2.61. The maximum atomic E-state index is 12.6. The molecule has 1 N–H and O–H groups in total. The molecule has 8 heteroatoms. The Labute approximate surface area is 146 Å². The van der Waals surface area contributed by atoms with Gasteiger partial charge in [-0.05, 0) is 29.5 Å². The number of fused-ring (bicyclic) bond motifs is 1. The third kappa shape index (κ3) is 3.42. The van der Waals surface area contributed by atoms with Gasteiger partial charge in [0.05, 0.1) is 0 Å². The summed E-state index contributed by atoms with van der Waals surface area (Å²) in [7, 11) is 0. The van der Waals surface area contributed by atoms with E-state index in [2.05, 4.69) is 20.8 Å². The van der Waals surface area contributed by atoms with Gasteiger partial charge in [0.2, 0.25) is 11.7 Å². The molecule has 1 aromatic carbocycles. The number of anilines is 1. The minimum absolute atomic E-state index is 0.212. The van der Waals surface area contributed by atoms with Crippen LogP contribution >= 0.6 is 0 Å². The molecule has 1 amide bonds. The maximum absolute atomic E-state index is 12.6. The molecule has 0 bridgehead atoms. The topological polar surface area (TPSA) is 91.2 Å². The van der Waals surface area contributed by atoms with E-state index in [1.54, 1.807) is 29.8 Å². The van der Waals surface area contributed by atoms with Gasteiger partial charge in [0, 0.05) is 31.0 Å². The molecular weight excluding hydrogens is 322 g/mol. The van der Waals surface area contributed by atoms with Gasteiger partial charge in [-0.25, -0.2) is 4.68 Å². The number of carbonyl (C=O) groups is 1. The minimum Gasteiger partial charge on any atom is -0.449 e. The van der Waals surface area contributed by atoms with Gasteiger partial charge in [0.15, 0.2) is 17.3 Å². The quantitative estimate of drug-likeness (QED) is 0.919. The molecule has 0 radical (unpaired) electrons. The number of nitrogens with one attached hydrogen (secondary N) is 1. The van der Waals surface area contributed by atoms with Gasteiger partial charge in [-0.3, -0.25) is 4.79 Å². The van der Waals surface area contributed by atoms with Crippen molar-refractivity contribution in [3.8, 4) is 11.5 Å². The molecule has 2 aromatic rings. The molecule has 134 valence electrons. The molecule has 0 saturated carbocycles. The fraction of sp³-hybridized carbons (Fsp3) is 0.529. The normalized spacial score (nSPS) is 16.6. The van der Waals surface area contributed by atoms with Gasteiger partial charge in [-0.15, -0.1) is 5.10 Å². The monoisotopic (exact) mass is 345 g/mol. The summed E-state index contributed by atoms with van der Waals surface area (Å²) in [6, 6.07) is 4.76. The van der Waals surface area contributed by atoms with Crippen LogP contribution in [0.4, 0.5) is 5.69 Å². The molecule has 0 unspecified atom stereocenters. The summed E-state index contributed by atoms with van der Waals surface area (Å²) >= 11 is 0. The number of ether oxygens (including phenoxy) is 2. The molecule has 1 aromatic heterocycles. The Morgan fingerprint density at radius 2 is 1.92 bits per heavy atom. The zero-order valence-corrected chi connectivity index (χ0v) is 15.3. The summed E-state index contributed by atoms with van der Waals surface area (Å²) in [6.45, 7) is 11.4. The zero-order chi connectivity index (χ0) is 18.4. The predicted molar refractivity (Wildman–Crippen MR) is 91.6 cm³/mol. The first-order valence-corrected chi connectivity index (χ1v) is 8.18. The SMILES string of the molecule is C[C@@H](C(=O)Nc1ccc2c(c1)OC(C)(C)O2)n1nnnc1C(C)(C)C. The van der Waals surface area contributed by atoms with Crippen LogP contribution in [0, 0.1) is 0 Å². The Bertz CT molecular complexity index is 807. The van der Waals surface area contributed by atoms with Crippen molar-refractivity contribution in [1.29, 1.82) is 0 Å². The maximum Gasteiger partial charge on any atom is 0.249 e. The first kappa shape index (κ1) is 17.2. The highest BCUT2D eigenvalue weighted by Gasteiger charge is 2.32. The van der Waals surface area contributed by atoms with Crippen LogP contribution in [-0.2, 0) is 10.2 Å². The molecule has 3 rings (SSSR count). The molecule has 0 fully saturated rings. The van der Waals surface area contributed by atoms with E-state index in [1.807, 2.05) is 34.6 Å². The highest BCUT2D eigenvalue weighted by molar-refractivity contribution is 5.93. The number of amides is 1. The van der Waals surface area contributed by atoms with Crippen LogP contribution < -0.4 is 14.8 Å². The fourth-order valence-corrected chi connectivity index (χ4v) is 2.61. The van der Waals surface area contributed by atoms with Crippen LogP contribution in [0.5, 0.6) is 11.5 Å². The minimum atomic E-state index is -0.702. The summed E-state index contributed by atoms with van der Waals surface area (Å²) < 4.78 is 12.9. The van der Waals surface area contributed by atoms with Crippen LogP contribution in [0.1, 0.15) is 53.4 Å². The highest BCUT2D eigenvalue weighted by atomic mass is 16.7. The Morgan fingerprint density at radius 1 is 1.24 bits per heavy atom. The number of hydrogen-bond acceptors (Lipinski definition) is 6. The summed E-state index contributed by atoms with van der Waals surface area (Å²) in [4.78, 5) is 12.6. The standard InChI is InChI=1S/C17H23N5O3/c1-10(22-15(16(2,3)4)19-20-21-22)14(23)18-11-7-8-12-13(9-11)25-17(5,6)24-12/h7-10H,1-6H3,(H,18,23)/t10-/m0/s1. The number of hydrogen-bond donors (Lipinski definition) is 1. The average Bonchev–Trinajstić information content (AvgIpc) is 3.08. The summed E-state index contributed by atoms with van der Waals surface area (Å²) in [5, 5.41) is 14.6. The second kappa shape index (κ2) is 5.72. The van der Waals surface area contributed by atoms with Crippen molar-refractivity contribution in [3.63, 3.8) is 0 Å². The lowest BCUT2D eigenvalue weighted by Gasteiger charge is -2.20. The number of carbonyl (C=O) groups excluding carboxylic acids is 1. The molecule has 1 aliphatic heterocycles. The Balaban J connectivity index is 1.77. The number of nitrogens with zero attached hydrogens (tertiary/aromatic N) is 4. The van der Waals surface area contributed by atoms with Crippen LogP contribution in [0.3, 0.4) is 0 Å². The molecule has 2 heterocycles. The molecule has 1 aliphatic rings. The van der Waals surface area contributed by atoms with Crippen LogP contribution in [-0.4, -0.2) is 31.9 Å². The molecule has 1 atom stereocenters. The third-order valence-electron chi connectivity index (χ3n) is 3.83. The van der Waals surface area contributed by atoms with Crippen molar-refractivity contribution >= 4 is 11.6 Å². The van der Waals surface area contributed by atoms with E-state index in [4.69, 9.17) is 9.47 Å². The van der Waals surface area contributed by atoms with Crippen molar-refractivity contribution in [1.82, 2.24) is 20.2 Å². The first-order valence-electron chi connectivity index (χ1n) is 8.18. The second-order valence-corrected chi connectivity index (χ2v) is 7.63. The summed E-state index contributed by atoms with van der Waals surface area (Å²) in [6.07, 6.45) is 0. The summed E-state index contributed by atoms with van der Waals surface area (Å²) in [5.74, 6) is 1.00. The van der Waals surface area contributed by atoms with E-state index in [1.165, 1.54) is 0 Å². The molecule has 0 aliphatic carbocycles. The Kier molecular flexibility index (Phi) is 3.93. The van der Waals surface area contributed by atoms with Crippen LogP contribution in [0.15, 0.2) is 18.2 Å². The average molecular weight is 345 g/mol.